The molecule has 13 nitrogen and oxygen atoms in total. The molecule has 2 heterocycles. The Morgan fingerprint density at radius 3 is 2.17 bits per heavy atom. The molecule has 3 atom stereocenters. The number of hydrogen-bond acceptors (Lipinski definition) is 10. The number of nitrogens with one attached hydrogen (secondary N) is 1. The number of aliphatic hydroxyl groups is 1. The smallest absolute Gasteiger partial charge is 0.407 e. The van der Waals surface area contributed by atoms with E-state index in [0.29, 0.717) is 22.5 Å². The van der Waals surface area contributed by atoms with E-state index in [9.17, 15) is 39.7 Å². The highest BCUT2D eigenvalue weighted by Gasteiger charge is 2.68. The van der Waals surface area contributed by atoms with Crippen molar-refractivity contribution in [1.82, 2.24) is 10.2 Å². The van der Waals surface area contributed by atoms with E-state index in [1.54, 1.807) is 19.1 Å². The maximum absolute atomic E-state index is 13.2. The third kappa shape index (κ3) is 6.06. The molecule has 216 valence electrons. The molecule has 0 radical (unpaired) electrons. The molecule has 41 heavy (non-hydrogen) atoms. The van der Waals surface area contributed by atoms with E-state index in [1.165, 1.54) is 53.1 Å². The van der Waals surface area contributed by atoms with Crippen LogP contribution in [0, 0.1) is 26.1 Å². The summed E-state index contributed by atoms with van der Waals surface area (Å²) in [5, 5.41) is 34.5. The van der Waals surface area contributed by atoms with Crippen molar-refractivity contribution < 1.29 is 34.1 Å². The first-order chi connectivity index (χ1) is 19.5. The first-order valence-corrected chi connectivity index (χ1v) is 13.8. The van der Waals surface area contributed by atoms with Gasteiger partial charge in [-0.05, 0) is 36.1 Å². The fraction of sp³-hybridized carbons (Fsp3) is 0.346. The van der Waals surface area contributed by atoms with Gasteiger partial charge in [0, 0.05) is 42.1 Å². The molecule has 0 unspecified atom stereocenters. The Labute approximate surface area is 243 Å². The Morgan fingerprint density at radius 2 is 1.66 bits per heavy atom. The van der Waals surface area contributed by atoms with Crippen molar-refractivity contribution in [2.45, 2.75) is 43.8 Å². The Hall–Kier alpha value is -3.95. The summed E-state index contributed by atoms with van der Waals surface area (Å²) >= 11 is 5.24. The number of rotatable bonds is 12. The molecule has 1 saturated heterocycles. The number of carbonyl (C=O) groups is 3. The molecule has 2 amide bonds. The highest BCUT2D eigenvalue weighted by Crippen LogP contribution is 2.61. The van der Waals surface area contributed by atoms with Gasteiger partial charge in [0.1, 0.15) is 17.2 Å². The van der Waals surface area contributed by atoms with Crippen LogP contribution in [0.15, 0.2) is 59.1 Å². The monoisotopic (exact) mass is 602 g/mol. The third-order valence-electron chi connectivity index (χ3n) is 6.89. The molecule has 2 N–H and O–H groups in total. The van der Waals surface area contributed by atoms with Crippen molar-refractivity contribution in [3.8, 4) is 0 Å². The van der Waals surface area contributed by atoms with Crippen molar-refractivity contribution in [3.63, 3.8) is 0 Å². The van der Waals surface area contributed by atoms with Gasteiger partial charge in [0.25, 0.3) is 11.4 Å². The number of nitro groups is 2. The van der Waals surface area contributed by atoms with Crippen LogP contribution < -0.4 is 5.32 Å². The number of nitro benzene ring substituents is 2. The molecule has 2 aliphatic rings. The van der Waals surface area contributed by atoms with Gasteiger partial charge in [-0.25, -0.2) is 4.79 Å². The lowest BCUT2D eigenvalue weighted by Crippen LogP contribution is -2.71. The minimum atomic E-state index is -1.04. The van der Waals surface area contributed by atoms with Gasteiger partial charge in [-0.3, -0.25) is 34.7 Å². The predicted molar refractivity (Wildman–Crippen MR) is 151 cm³/mol. The summed E-state index contributed by atoms with van der Waals surface area (Å²) < 4.78 is 5.16. The van der Waals surface area contributed by atoms with Crippen LogP contribution in [0.5, 0.6) is 0 Å². The molecule has 4 rings (SSSR count). The second-order valence-corrected chi connectivity index (χ2v) is 11.2. The van der Waals surface area contributed by atoms with E-state index in [1.807, 2.05) is 0 Å². The summed E-state index contributed by atoms with van der Waals surface area (Å²) in [6.45, 7) is 1.69. The van der Waals surface area contributed by atoms with E-state index in [2.05, 4.69) is 17.9 Å². The number of carbonyl (C=O) groups excluding carboxylic acids is 3. The minimum Gasteiger partial charge on any atom is -0.445 e. The second kappa shape index (κ2) is 12.3. The maximum Gasteiger partial charge on any atom is 0.407 e. The molecule has 0 spiro atoms. The molecule has 0 saturated carbocycles. The van der Waals surface area contributed by atoms with Crippen LogP contribution in [-0.4, -0.2) is 54.5 Å². The van der Waals surface area contributed by atoms with Crippen LogP contribution in [0.3, 0.4) is 0 Å². The largest absolute Gasteiger partial charge is 0.445 e. The number of thioether (sulfide) groups is 1. The Balaban J connectivity index is 1.45. The van der Waals surface area contributed by atoms with E-state index in [0.717, 1.165) is 0 Å². The molecule has 2 aliphatic heterocycles. The van der Waals surface area contributed by atoms with E-state index < -0.39 is 43.9 Å². The summed E-state index contributed by atoms with van der Waals surface area (Å²) in [5.74, 6) is -1.25. The summed E-state index contributed by atoms with van der Waals surface area (Å²) in [4.78, 5) is 59.6. The second-order valence-electron chi connectivity index (χ2n) is 9.43. The molecule has 0 aromatic heterocycles. The number of non-ortho nitro benzene ring substituents is 2. The highest BCUT2D eigenvalue weighted by molar-refractivity contribution is 8.05. The van der Waals surface area contributed by atoms with Gasteiger partial charge < -0.3 is 15.2 Å². The van der Waals surface area contributed by atoms with Crippen LogP contribution in [0.4, 0.5) is 16.2 Å². The van der Waals surface area contributed by atoms with Crippen LogP contribution in [0.25, 0.3) is 0 Å². The molecular weight excluding hydrogens is 576 g/mol. The molecular formula is C26H26N4O9S2. The van der Waals surface area contributed by atoms with Gasteiger partial charge in [-0.15, -0.1) is 0 Å². The zero-order valence-corrected chi connectivity index (χ0v) is 23.4. The van der Waals surface area contributed by atoms with Gasteiger partial charge >= 0.3 is 6.09 Å². The standard InChI is InChI=1S/C26H26N4O9S2/c1-2-19(31)21-23(32)28-22(24(33)40)20(41-26(21,28)13-15-3-7-17(8-4-15)29(35)36)11-12-27-25(34)39-14-16-5-9-18(10-6-16)30(37)38/h3-10,19,21,31H,2,11-14H2,1H3,(H,27,34)(H,33,40)/t19-,21+,26+/m0/s1. The van der Waals surface area contributed by atoms with E-state index in [4.69, 9.17) is 4.74 Å². The van der Waals surface area contributed by atoms with Crippen LogP contribution in [-0.2, 0) is 27.4 Å². The number of fused-ring (bicyclic) bond motifs is 1. The first kappa shape index (κ1) is 30.0. The number of nitrogens with zero attached hydrogens (tertiary/aromatic N) is 3. The fourth-order valence-electron chi connectivity index (χ4n) is 4.92. The van der Waals surface area contributed by atoms with Crippen LogP contribution in [0.1, 0.15) is 30.9 Å². The Kier molecular flexibility index (Phi) is 8.99. The fourth-order valence-corrected chi connectivity index (χ4v) is 7.03. The summed E-state index contributed by atoms with van der Waals surface area (Å²) in [6, 6.07) is 11.4. The zero-order chi connectivity index (χ0) is 29.9. The quantitative estimate of drug-likeness (QED) is 0.140. The molecule has 1 fully saturated rings. The molecule has 2 aromatic carbocycles. The summed E-state index contributed by atoms with van der Waals surface area (Å²) in [7, 11) is 0. The molecule has 2 aromatic rings. The van der Waals surface area contributed by atoms with Crippen molar-refractivity contribution >= 4 is 52.9 Å². The van der Waals surface area contributed by atoms with Crippen molar-refractivity contribution in [3.05, 3.63) is 90.5 Å². The summed E-state index contributed by atoms with van der Waals surface area (Å²) in [6.07, 6.45) is -1.05. The van der Waals surface area contributed by atoms with E-state index >= 15 is 0 Å². The number of ether oxygens (including phenoxy) is 1. The number of β-lactam (4-membered cyclic amide) rings is 1. The zero-order valence-electron chi connectivity index (χ0n) is 21.7. The minimum absolute atomic E-state index is 0.0582. The van der Waals surface area contributed by atoms with Gasteiger partial charge in [0.2, 0.25) is 11.0 Å². The van der Waals surface area contributed by atoms with Gasteiger partial charge in [-0.2, -0.15) is 0 Å². The van der Waals surface area contributed by atoms with Crippen molar-refractivity contribution in [2.75, 3.05) is 6.54 Å². The number of alkyl carbamates (subject to hydrolysis) is 1. The maximum atomic E-state index is 13.2. The van der Waals surface area contributed by atoms with E-state index in [-0.39, 0.29) is 43.1 Å². The third-order valence-corrected chi connectivity index (χ3v) is 8.68. The van der Waals surface area contributed by atoms with Gasteiger partial charge in [-0.1, -0.05) is 43.4 Å². The predicted octanol–water partition coefficient (Wildman–Crippen LogP) is 3.70. The molecule has 15 heteroatoms. The SMILES string of the molecule is CC[C@H](O)[C@@H]1C(=O)N2C(C(=O)S)=C(CCNC(=O)OCc3ccc([N+](=O)[O-])cc3)S[C@]12Cc1ccc([N+](=O)[O-])cc1. The lowest BCUT2D eigenvalue weighted by atomic mass is 9.77. The van der Waals surface area contributed by atoms with Crippen molar-refractivity contribution in [2.24, 2.45) is 5.92 Å². The Bertz CT molecular complexity index is 1420. The van der Waals surface area contributed by atoms with Gasteiger partial charge in [0.05, 0.1) is 21.9 Å². The Morgan fingerprint density at radius 1 is 1.10 bits per heavy atom. The lowest BCUT2D eigenvalue weighted by molar-refractivity contribution is -0.385. The number of amides is 2. The first-order valence-electron chi connectivity index (χ1n) is 12.5. The van der Waals surface area contributed by atoms with Crippen molar-refractivity contribution in [1.29, 1.82) is 0 Å². The average Bonchev–Trinajstić information content (AvgIpc) is 3.22. The van der Waals surface area contributed by atoms with Crippen LogP contribution >= 0.6 is 24.4 Å². The normalized spacial score (nSPS) is 20.2. The number of aliphatic hydroxyl groups excluding tert-OH is 1. The number of hydrogen-bond donors (Lipinski definition) is 3. The molecule has 0 bridgehead atoms. The average molecular weight is 603 g/mol. The topological polar surface area (TPSA) is 182 Å². The number of thiol groups is 1. The van der Waals surface area contributed by atoms with Crippen LogP contribution in [0.2, 0.25) is 0 Å². The van der Waals surface area contributed by atoms with Gasteiger partial charge in [0.15, 0.2) is 0 Å². The summed E-state index contributed by atoms with van der Waals surface area (Å²) in [5.41, 5.74) is 1.13. The lowest BCUT2D eigenvalue weighted by Gasteiger charge is -2.55. The number of benzene rings is 2. The molecule has 0 aliphatic carbocycles. The highest BCUT2D eigenvalue weighted by atomic mass is 32.2.